The zero-order valence-electron chi connectivity index (χ0n) is 17.2. The van der Waals surface area contributed by atoms with E-state index in [-0.39, 0.29) is 24.2 Å². The smallest absolute Gasteiger partial charge is 0.303 e. The Hall–Kier alpha value is -1.21. The molecule has 0 saturated heterocycles. The first-order chi connectivity index (χ1) is 13.4. The van der Waals surface area contributed by atoms with Gasteiger partial charge in [-0.2, -0.15) is 0 Å². The fraction of sp³-hybridized carbons (Fsp3) is 0.773. The standard InChI is InChI=1S/C22H38O6/c1-16(9-7-8-14-28-2)19(23)13-12-18-17(20(24)15-21(18)25)10-5-3-4-6-11-22(26)27/h3,5,12-13,16-21,23-25H,4,6-11,14-15H2,1-2H3,(H,26,27)/b5-3-,13-12+/t16-,17+,18+,19+,20-,21+/m0/s1. The summed E-state index contributed by atoms with van der Waals surface area (Å²) in [6.07, 6.45) is 11.1. The van der Waals surface area contributed by atoms with Crippen molar-refractivity contribution in [2.45, 2.75) is 76.6 Å². The van der Waals surface area contributed by atoms with Crippen molar-refractivity contribution in [2.75, 3.05) is 13.7 Å². The van der Waals surface area contributed by atoms with Crippen LogP contribution in [0.5, 0.6) is 0 Å². The summed E-state index contributed by atoms with van der Waals surface area (Å²) in [6.45, 7) is 2.75. The first-order valence-electron chi connectivity index (χ1n) is 10.4. The molecule has 0 aromatic carbocycles. The minimum Gasteiger partial charge on any atom is -0.481 e. The lowest BCUT2D eigenvalue weighted by Gasteiger charge is -2.21. The number of unbranched alkanes of at least 4 members (excludes halogenated alkanes) is 2. The van der Waals surface area contributed by atoms with Gasteiger partial charge in [0, 0.05) is 32.5 Å². The van der Waals surface area contributed by atoms with Crippen LogP contribution in [-0.2, 0) is 9.53 Å². The van der Waals surface area contributed by atoms with Crippen LogP contribution < -0.4 is 0 Å². The predicted octanol–water partition coefficient (Wildman–Crippen LogP) is 2.92. The van der Waals surface area contributed by atoms with E-state index in [2.05, 4.69) is 0 Å². The van der Waals surface area contributed by atoms with Crippen LogP contribution in [0.25, 0.3) is 0 Å². The molecule has 6 heteroatoms. The molecule has 0 bridgehead atoms. The summed E-state index contributed by atoms with van der Waals surface area (Å²) in [5.41, 5.74) is 0. The van der Waals surface area contributed by atoms with E-state index in [0.717, 1.165) is 25.9 Å². The number of hydrogen-bond acceptors (Lipinski definition) is 5. The van der Waals surface area contributed by atoms with Crippen molar-refractivity contribution >= 4 is 5.97 Å². The molecule has 0 aromatic heterocycles. The molecular weight excluding hydrogens is 360 g/mol. The summed E-state index contributed by atoms with van der Waals surface area (Å²) in [4.78, 5) is 10.5. The van der Waals surface area contributed by atoms with Gasteiger partial charge in [-0.3, -0.25) is 4.79 Å². The number of methoxy groups -OCH3 is 1. The van der Waals surface area contributed by atoms with Crippen molar-refractivity contribution in [1.82, 2.24) is 0 Å². The molecule has 1 aliphatic rings. The van der Waals surface area contributed by atoms with Crippen LogP contribution in [0.2, 0.25) is 0 Å². The maximum absolute atomic E-state index is 10.5. The molecule has 0 unspecified atom stereocenters. The molecule has 1 saturated carbocycles. The quantitative estimate of drug-likeness (QED) is 0.265. The average Bonchev–Trinajstić information content (AvgIpc) is 2.91. The predicted molar refractivity (Wildman–Crippen MR) is 109 cm³/mol. The first kappa shape index (κ1) is 24.8. The zero-order chi connectivity index (χ0) is 20.9. The number of ether oxygens (including phenoxy) is 1. The number of rotatable bonds is 14. The molecule has 0 aliphatic heterocycles. The Labute approximate surface area is 168 Å². The summed E-state index contributed by atoms with van der Waals surface area (Å²) in [5, 5.41) is 39.6. The second-order valence-corrected chi connectivity index (χ2v) is 7.95. The zero-order valence-corrected chi connectivity index (χ0v) is 17.2. The van der Waals surface area contributed by atoms with Gasteiger partial charge in [-0.05, 0) is 43.9 Å². The Balaban J connectivity index is 2.49. The minimum absolute atomic E-state index is 0.0915. The van der Waals surface area contributed by atoms with Crippen LogP contribution in [0.3, 0.4) is 0 Å². The lowest BCUT2D eigenvalue weighted by atomic mass is 9.88. The van der Waals surface area contributed by atoms with E-state index < -0.39 is 24.3 Å². The Morgan fingerprint density at radius 3 is 2.61 bits per heavy atom. The summed E-state index contributed by atoms with van der Waals surface area (Å²) in [6, 6.07) is 0. The van der Waals surface area contributed by atoms with Gasteiger partial charge in [-0.15, -0.1) is 0 Å². The van der Waals surface area contributed by atoms with Crippen LogP contribution in [-0.4, -0.2) is 58.4 Å². The summed E-state index contributed by atoms with van der Waals surface area (Å²) < 4.78 is 5.04. The molecule has 0 spiro atoms. The van der Waals surface area contributed by atoms with Gasteiger partial charge >= 0.3 is 5.97 Å². The second-order valence-electron chi connectivity index (χ2n) is 7.95. The molecule has 4 N–H and O–H groups in total. The lowest BCUT2D eigenvalue weighted by molar-refractivity contribution is -0.137. The maximum atomic E-state index is 10.5. The van der Waals surface area contributed by atoms with Gasteiger partial charge in [0.1, 0.15) is 0 Å². The van der Waals surface area contributed by atoms with E-state index in [1.807, 2.05) is 25.2 Å². The fourth-order valence-corrected chi connectivity index (χ4v) is 3.76. The van der Waals surface area contributed by atoms with Gasteiger partial charge in [0.15, 0.2) is 0 Å². The van der Waals surface area contributed by atoms with Crippen molar-refractivity contribution in [3.05, 3.63) is 24.3 Å². The molecule has 1 fully saturated rings. The van der Waals surface area contributed by atoms with E-state index in [1.165, 1.54) is 0 Å². The summed E-state index contributed by atoms with van der Waals surface area (Å²) in [5.74, 6) is -0.941. The monoisotopic (exact) mass is 398 g/mol. The topological polar surface area (TPSA) is 107 Å². The van der Waals surface area contributed by atoms with E-state index in [9.17, 15) is 20.1 Å². The van der Waals surface area contributed by atoms with Crippen molar-refractivity contribution in [3.8, 4) is 0 Å². The van der Waals surface area contributed by atoms with Gasteiger partial charge in [0.25, 0.3) is 0 Å². The SMILES string of the molecule is COCCCC[C@H](C)[C@H](O)/C=C/[C@@H]1[C@@H](C/C=C\CCCC(=O)O)[C@@H](O)C[C@H]1O. The second kappa shape index (κ2) is 13.9. The molecule has 0 heterocycles. The third kappa shape index (κ3) is 9.32. The molecule has 1 rings (SSSR count). The molecule has 0 aromatic rings. The molecule has 0 radical (unpaired) electrons. The summed E-state index contributed by atoms with van der Waals surface area (Å²) >= 11 is 0. The molecule has 162 valence electrons. The number of hydrogen-bond donors (Lipinski definition) is 4. The highest BCUT2D eigenvalue weighted by Gasteiger charge is 2.39. The average molecular weight is 399 g/mol. The third-order valence-corrected chi connectivity index (χ3v) is 5.62. The van der Waals surface area contributed by atoms with Crippen LogP contribution >= 0.6 is 0 Å². The number of carboxylic acids is 1. The fourth-order valence-electron chi connectivity index (χ4n) is 3.76. The van der Waals surface area contributed by atoms with Gasteiger partial charge in [0.2, 0.25) is 0 Å². The molecule has 0 amide bonds. The highest BCUT2D eigenvalue weighted by Crippen LogP contribution is 2.36. The van der Waals surface area contributed by atoms with Crippen LogP contribution in [0.4, 0.5) is 0 Å². The van der Waals surface area contributed by atoms with Gasteiger partial charge in [0.05, 0.1) is 18.3 Å². The molecular formula is C22H38O6. The van der Waals surface area contributed by atoms with Crippen LogP contribution in [0.15, 0.2) is 24.3 Å². The van der Waals surface area contributed by atoms with E-state index in [0.29, 0.717) is 25.7 Å². The van der Waals surface area contributed by atoms with Crippen molar-refractivity contribution in [3.63, 3.8) is 0 Å². The van der Waals surface area contributed by atoms with Gasteiger partial charge < -0.3 is 25.2 Å². The van der Waals surface area contributed by atoms with E-state index in [4.69, 9.17) is 9.84 Å². The molecule has 6 atom stereocenters. The van der Waals surface area contributed by atoms with Crippen LogP contribution in [0, 0.1) is 17.8 Å². The number of carboxylic acid groups (broad SMARTS) is 1. The van der Waals surface area contributed by atoms with Crippen molar-refractivity contribution in [2.24, 2.45) is 17.8 Å². The number of aliphatic hydroxyl groups is 3. The molecule has 28 heavy (non-hydrogen) atoms. The molecule has 6 nitrogen and oxygen atoms in total. The van der Waals surface area contributed by atoms with E-state index >= 15 is 0 Å². The van der Waals surface area contributed by atoms with Crippen LogP contribution in [0.1, 0.15) is 58.3 Å². The summed E-state index contributed by atoms with van der Waals surface area (Å²) in [7, 11) is 1.68. The first-order valence-corrected chi connectivity index (χ1v) is 10.4. The Morgan fingerprint density at radius 1 is 1.18 bits per heavy atom. The highest BCUT2D eigenvalue weighted by atomic mass is 16.5. The number of carbonyl (C=O) groups is 1. The Kier molecular flexibility index (Phi) is 12.3. The third-order valence-electron chi connectivity index (χ3n) is 5.62. The Bertz CT molecular complexity index is 489. The lowest BCUT2D eigenvalue weighted by Crippen LogP contribution is -2.21. The largest absolute Gasteiger partial charge is 0.481 e. The van der Waals surface area contributed by atoms with Gasteiger partial charge in [-0.25, -0.2) is 0 Å². The number of aliphatic carboxylic acids is 1. The highest BCUT2D eigenvalue weighted by molar-refractivity contribution is 5.66. The number of aliphatic hydroxyl groups excluding tert-OH is 3. The van der Waals surface area contributed by atoms with E-state index in [1.54, 1.807) is 13.2 Å². The minimum atomic E-state index is -0.792. The Morgan fingerprint density at radius 2 is 1.93 bits per heavy atom. The molecule has 1 aliphatic carbocycles. The normalized spacial score (nSPS) is 27.6. The van der Waals surface area contributed by atoms with Gasteiger partial charge in [-0.1, -0.05) is 37.6 Å². The van der Waals surface area contributed by atoms with Crippen molar-refractivity contribution < 1.29 is 30.0 Å². The maximum Gasteiger partial charge on any atom is 0.303 e. The number of allylic oxidation sites excluding steroid dienone is 2. The van der Waals surface area contributed by atoms with Crippen molar-refractivity contribution in [1.29, 1.82) is 0 Å².